The van der Waals surface area contributed by atoms with E-state index in [1.165, 1.54) is 0 Å². The molecule has 1 unspecified atom stereocenters. The van der Waals surface area contributed by atoms with Crippen molar-refractivity contribution >= 4 is 16.4 Å². The van der Waals surface area contributed by atoms with Crippen molar-refractivity contribution in [1.82, 2.24) is 9.78 Å². The maximum atomic E-state index is 12.0. The smallest absolute Gasteiger partial charge is 0.0880 e. The summed E-state index contributed by atoms with van der Waals surface area (Å²) in [4.78, 5) is 0.676. The molecule has 0 bridgehead atoms. The molecule has 4 nitrogen and oxygen atoms in total. The Morgan fingerprint density at radius 2 is 1.72 bits per heavy atom. The van der Waals surface area contributed by atoms with Crippen LogP contribution in [0.5, 0.6) is 0 Å². The highest BCUT2D eigenvalue weighted by Gasteiger charge is 2.13. The monoisotopic (exact) mass is 408 g/mol. The van der Waals surface area contributed by atoms with Gasteiger partial charge in [0.2, 0.25) is 0 Å². The van der Waals surface area contributed by atoms with E-state index in [1.807, 2.05) is 25.1 Å². The Morgan fingerprint density at radius 1 is 1.10 bits per heavy atom. The average Bonchev–Trinajstić information content (AvgIpc) is 3.11. The van der Waals surface area contributed by atoms with E-state index in [-0.39, 0.29) is 6.61 Å². The summed E-state index contributed by atoms with van der Waals surface area (Å²) in [7, 11) is -1.15. The lowest BCUT2D eigenvalue weighted by Gasteiger charge is -2.11. The van der Waals surface area contributed by atoms with Crippen molar-refractivity contribution in [2.45, 2.75) is 38.8 Å². The van der Waals surface area contributed by atoms with E-state index in [0.717, 1.165) is 40.2 Å². The van der Waals surface area contributed by atoms with E-state index < -0.39 is 10.8 Å². The highest BCUT2D eigenvalue weighted by atomic mass is 32.2. The van der Waals surface area contributed by atoms with Gasteiger partial charge >= 0.3 is 0 Å². The van der Waals surface area contributed by atoms with Gasteiger partial charge in [-0.1, -0.05) is 56.8 Å². The molecule has 0 fully saturated rings. The molecule has 1 heterocycles. The molecule has 0 aliphatic heterocycles. The van der Waals surface area contributed by atoms with E-state index in [4.69, 9.17) is 5.10 Å². The molecular formula is C24H28N2O2S. The Bertz CT molecular complexity index is 1050. The maximum absolute atomic E-state index is 12.0. The molecule has 29 heavy (non-hydrogen) atoms. The van der Waals surface area contributed by atoms with Crippen LogP contribution in [0, 0.1) is 5.92 Å². The zero-order valence-electron chi connectivity index (χ0n) is 17.5. The molecule has 3 aromatic rings. The lowest BCUT2D eigenvalue weighted by molar-refractivity contribution is 0.279. The van der Waals surface area contributed by atoms with Crippen LogP contribution in [0.25, 0.3) is 28.0 Å². The molecule has 0 saturated heterocycles. The second-order valence-corrected chi connectivity index (χ2v) is 9.13. The van der Waals surface area contributed by atoms with E-state index in [1.54, 1.807) is 6.26 Å². The summed E-state index contributed by atoms with van der Waals surface area (Å²) in [5.74, 6) is 0.490. The molecule has 0 spiro atoms. The predicted octanol–water partition coefficient (Wildman–Crippen LogP) is 5.14. The Kier molecular flexibility index (Phi) is 6.50. The Hall–Kier alpha value is -2.50. The third kappa shape index (κ3) is 4.74. The Balaban J connectivity index is 1.98. The van der Waals surface area contributed by atoms with Gasteiger partial charge in [-0.05, 0) is 52.8 Å². The van der Waals surface area contributed by atoms with Gasteiger partial charge in [0.05, 0.1) is 28.8 Å². The fourth-order valence-electron chi connectivity index (χ4n) is 3.31. The quantitative estimate of drug-likeness (QED) is 0.589. The van der Waals surface area contributed by atoms with Gasteiger partial charge in [-0.2, -0.15) is 5.10 Å². The van der Waals surface area contributed by atoms with Crippen LogP contribution in [-0.4, -0.2) is 25.4 Å². The van der Waals surface area contributed by atoms with Crippen LogP contribution in [0.15, 0.2) is 60.0 Å². The second kappa shape index (κ2) is 8.89. The van der Waals surface area contributed by atoms with Crippen LogP contribution in [0.2, 0.25) is 0 Å². The molecule has 1 aromatic heterocycles. The number of benzene rings is 2. The van der Waals surface area contributed by atoms with Crippen molar-refractivity contribution in [3.8, 4) is 22.4 Å². The molecule has 1 atom stereocenters. The first-order valence-corrected chi connectivity index (χ1v) is 11.3. The highest BCUT2D eigenvalue weighted by molar-refractivity contribution is 7.84. The normalized spacial score (nSPS) is 12.3. The first-order chi connectivity index (χ1) is 13.8. The van der Waals surface area contributed by atoms with Crippen molar-refractivity contribution < 1.29 is 9.32 Å². The van der Waals surface area contributed by atoms with Crippen molar-refractivity contribution in [2.24, 2.45) is 5.92 Å². The largest absolute Gasteiger partial charge is 0.392 e. The van der Waals surface area contributed by atoms with Crippen molar-refractivity contribution in [2.75, 3.05) is 6.26 Å². The zero-order valence-corrected chi connectivity index (χ0v) is 18.3. The summed E-state index contributed by atoms with van der Waals surface area (Å²) in [5.41, 5.74) is 6.78. The van der Waals surface area contributed by atoms with Gasteiger partial charge in [0.1, 0.15) is 0 Å². The van der Waals surface area contributed by atoms with E-state index in [2.05, 4.69) is 55.4 Å². The van der Waals surface area contributed by atoms with Gasteiger partial charge in [0, 0.05) is 17.7 Å². The molecule has 0 saturated carbocycles. The van der Waals surface area contributed by atoms with Crippen molar-refractivity contribution in [3.63, 3.8) is 0 Å². The number of aromatic nitrogens is 2. The van der Waals surface area contributed by atoms with Gasteiger partial charge < -0.3 is 5.11 Å². The van der Waals surface area contributed by atoms with Crippen LogP contribution < -0.4 is 0 Å². The molecule has 152 valence electrons. The third-order valence-corrected chi connectivity index (χ3v) is 5.82. The number of hydrogen-bond donors (Lipinski definition) is 1. The van der Waals surface area contributed by atoms with Gasteiger partial charge in [0.25, 0.3) is 0 Å². The molecule has 0 radical (unpaired) electrons. The van der Waals surface area contributed by atoms with Gasteiger partial charge in [0.15, 0.2) is 0 Å². The average molecular weight is 409 g/mol. The second-order valence-electron chi connectivity index (χ2n) is 7.78. The first kappa shape index (κ1) is 21.2. The minimum atomic E-state index is -1.15. The molecule has 1 N–H and O–H groups in total. The number of nitrogens with zero attached hydrogens (tertiary/aromatic N) is 2. The molecule has 0 aliphatic carbocycles. The summed E-state index contributed by atoms with van der Waals surface area (Å²) in [6, 6.07) is 16.1. The van der Waals surface area contributed by atoms with Crippen LogP contribution in [0.3, 0.4) is 0 Å². The fourth-order valence-corrected chi connectivity index (χ4v) is 4.10. The molecule has 0 aliphatic rings. The predicted molar refractivity (Wildman–Crippen MR) is 121 cm³/mol. The molecule has 3 rings (SSSR count). The van der Waals surface area contributed by atoms with Crippen LogP contribution >= 0.6 is 0 Å². The Morgan fingerprint density at radius 3 is 2.28 bits per heavy atom. The zero-order chi connectivity index (χ0) is 21.1. The lowest BCUT2D eigenvalue weighted by atomic mass is 10.0. The first-order valence-electron chi connectivity index (χ1n) is 9.72. The third-order valence-electron chi connectivity index (χ3n) is 4.82. The van der Waals surface area contributed by atoms with Gasteiger partial charge in [-0.3, -0.25) is 8.89 Å². The maximum Gasteiger partial charge on any atom is 0.0880 e. The summed E-state index contributed by atoms with van der Waals surface area (Å²) >= 11 is 0. The van der Waals surface area contributed by atoms with Gasteiger partial charge in [-0.25, -0.2) is 0 Å². The molecule has 5 heteroatoms. The summed E-state index contributed by atoms with van der Waals surface area (Å²) in [5, 5.41) is 14.2. The fraction of sp³-hybridized carbons (Fsp3) is 0.292. The molecular weight excluding hydrogens is 380 g/mol. The topological polar surface area (TPSA) is 55.1 Å². The minimum Gasteiger partial charge on any atom is -0.392 e. The summed E-state index contributed by atoms with van der Waals surface area (Å²) in [6.07, 6.45) is 1.64. The van der Waals surface area contributed by atoms with Crippen LogP contribution in [-0.2, 0) is 24.0 Å². The molecule has 2 aromatic carbocycles. The van der Waals surface area contributed by atoms with E-state index in [0.29, 0.717) is 16.4 Å². The SMILES string of the molecule is C=C(C)c1cc(-c2ccc(-c3ccc(CO)c(S(C)=O)c3)cc2)n(CC(C)C)n1. The number of allylic oxidation sites excluding steroid dienone is 1. The van der Waals surface area contributed by atoms with Crippen LogP contribution in [0.4, 0.5) is 0 Å². The Labute approximate surface area is 175 Å². The number of rotatable bonds is 7. The minimum absolute atomic E-state index is 0.112. The van der Waals surface area contributed by atoms with Crippen molar-refractivity contribution in [1.29, 1.82) is 0 Å². The van der Waals surface area contributed by atoms with Crippen LogP contribution in [0.1, 0.15) is 32.0 Å². The standard InChI is InChI=1S/C24H28N2O2S/c1-16(2)14-26-23(13-22(25-26)17(3)4)19-8-6-18(7-9-19)20-10-11-21(15-27)24(12-20)29(5)28/h6-13,16,27H,3,14-15H2,1-2,4-5H3. The summed E-state index contributed by atoms with van der Waals surface area (Å²) in [6.45, 7) is 11.1. The van der Waals surface area contributed by atoms with Crippen molar-refractivity contribution in [3.05, 3.63) is 66.4 Å². The van der Waals surface area contributed by atoms with Gasteiger partial charge in [-0.15, -0.1) is 0 Å². The number of hydrogen-bond acceptors (Lipinski definition) is 3. The molecule has 0 amide bonds. The number of aliphatic hydroxyl groups excluding tert-OH is 1. The summed E-state index contributed by atoms with van der Waals surface area (Å²) < 4.78 is 14.1. The van der Waals surface area contributed by atoms with E-state index in [9.17, 15) is 9.32 Å². The lowest BCUT2D eigenvalue weighted by Crippen LogP contribution is -2.07. The highest BCUT2D eigenvalue weighted by Crippen LogP contribution is 2.29. The van der Waals surface area contributed by atoms with E-state index >= 15 is 0 Å². The number of aliphatic hydroxyl groups is 1.